The van der Waals surface area contributed by atoms with Crippen molar-refractivity contribution in [2.24, 2.45) is 0 Å². The van der Waals surface area contributed by atoms with Crippen molar-refractivity contribution in [3.8, 4) is 0 Å². The Kier molecular flexibility index (Phi) is 28.3. The fraction of sp³-hybridized carbons (Fsp3) is 0.111. The van der Waals surface area contributed by atoms with Crippen LogP contribution in [0.15, 0.2) is 41.8 Å². The number of allylic oxidation sites excluding steroid dienone is 1. The van der Waals surface area contributed by atoms with Gasteiger partial charge in [-0.05, 0) is 18.1 Å². The molecule has 102 valence electrons. The second-order valence-corrected chi connectivity index (χ2v) is 5.47. The molecule has 0 aliphatic rings. The smallest absolute Gasteiger partial charge is 0.894 e. The summed E-state index contributed by atoms with van der Waals surface area (Å²) in [5, 5.41) is 0. The zero-order chi connectivity index (χ0) is 14.4. The van der Waals surface area contributed by atoms with Gasteiger partial charge in [-0.1, -0.05) is 24.3 Å². The van der Waals surface area contributed by atoms with Gasteiger partial charge in [0.25, 0.3) is 10.1 Å². The maximum Gasteiger partial charge on any atom is 1.00 e. The van der Waals surface area contributed by atoms with Crippen molar-refractivity contribution in [2.45, 2.75) is 11.3 Å². The Balaban J connectivity index is -0.0000000952. The molecular formula is C9H10Na4O7SSi. The predicted molar refractivity (Wildman–Crippen MR) is 55.9 cm³/mol. The monoisotopic (exact) mass is 382 g/mol. The number of rotatable bonds is 3. The average Bonchev–Trinajstić information content (AvgIpc) is 2.14. The molecule has 0 fully saturated rings. The Hall–Kier alpha value is 2.93. The van der Waals surface area contributed by atoms with E-state index in [-0.39, 0.29) is 123 Å². The molecule has 0 unspecified atom stereocenters. The quantitative estimate of drug-likeness (QED) is 0.310. The number of benzene rings is 1. The molecule has 0 bridgehead atoms. The summed E-state index contributed by atoms with van der Waals surface area (Å²) < 4.78 is 30.5. The third-order valence-electron chi connectivity index (χ3n) is 1.61. The second-order valence-electron chi connectivity index (χ2n) is 3.08. The van der Waals surface area contributed by atoms with E-state index in [9.17, 15) is 8.42 Å². The first-order valence-electron chi connectivity index (χ1n) is 4.53. The van der Waals surface area contributed by atoms with E-state index in [0.717, 1.165) is 0 Å². The molecule has 7 nitrogen and oxygen atoms in total. The molecule has 0 atom stereocenters. The fourth-order valence-corrected chi connectivity index (χ4v) is 1.81. The first-order valence-corrected chi connectivity index (χ1v) is 7.61. The van der Waals surface area contributed by atoms with Crippen molar-refractivity contribution in [2.75, 3.05) is 0 Å². The molecule has 0 spiro atoms. The normalized spacial score (nSPS) is 9.32. The summed E-state index contributed by atoms with van der Waals surface area (Å²) in [6.07, 6.45) is 2.01. The third kappa shape index (κ3) is 21.0. The summed E-state index contributed by atoms with van der Waals surface area (Å²) in [6, 6.07) is 6.29. The third-order valence-corrected chi connectivity index (χ3v) is 2.57. The largest absolute Gasteiger partial charge is 1.00 e. The topological polar surface area (TPSA) is 147 Å². The summed E-state index contributed by atoms with van der Waals surface area (Å²) in [6.45, 7) is 3.50. The van der Waals surface area contributed by atoms with Gasteiger partial charge in [-0.2, -0.15) is 8.42 Å². The predicted octanol–water partition coefficient (Wildman–Crippen LogP) is -15.5. The van der Waals surface area contributed by atoms with Crippen LogP contribution >= 0.6 is 0 Å². The van der Waals surface area contributed by atoms with E-state index in [1.807, 2.05) is 0 Å². The van der Waals surface area contributed by atoms with Gasteiger partial charge in [0.05, 0.1) is 4.90 Å². The van der Waals surface area contributed by atoms with Gasteiger partial charge < -0.3 is 28.2 Å². The zero-order valence-corrected chi connectivity index (χ0v) is 22.9. The molecule has 0 radical (unpaired) electrons. The Morgan fingerprint density at radius 2 is 1.41 bits per heavy atom. The fourth-order valence-electron chi connectivity index (χ4n) is 1.08. The molecule has 22 heavy (non-hydrogen) atoms. The molecule has 0 aliphatic heterocycles. The molecule has 0 heterocycles. The van der Waals surface area contributed by atoms with E-state index in [2.05, 4.69) is 6.58 Å². The zero-order valence-electron chi connectivity index (χ0n) is 13.1. The maximum absolute atomic E-state index is 10.8. The van der Waals surface area contributed by atoms with Gasteiger partial charge in [-0.15, -0.1) is 6.58 Å². The van der Waals surface area contributed by atoms with Crippen LogP contribution in [-0.4, -0.2) is 22.0 Å². The molecular weight excluding hydrogens is 372 g/mol. The summed E-state index contributed by atoms with van der Waals surface area (Å²) in [5.41, 5.74) is 0.556. The van der Waals surface area contributed by atoms with E-state index >= 15 is 0 Å². The molecule has 1 aromatic carbocycles. The van der Waals surface area contributed by atoms with Crippen LogP contribution in [0.25, 0.3) is 0 Å². The minimum Gasteiger partial charge on any atom is -0.894 e. The van der Waals surface area contributed by atoms with E-state index < -0.39 is 19.2 Å². The maximum atomic E-state index is 10.8. The van der Waals surface area contributed by atoms with Crippen molar-refractivity contribution in [1.82, 2.24) is 0 Å². The van der Waals surface area contributed by atoms with Crippen LogP contribution in [0, 0.1) is 0 Å². The summed E-state index contributed by atoms with van der Waals surface area (Å²) in [7, 11) is -9.71. The molecule has 0 saturated heterocycles. The molecule has 1 rings (SSSR count). The van der Waals surface area contributed by atoms with Crippen LogP contribution in [0.4, 0.5) is 0 Å². The van der Waals surface area contributed by atoms with Gasteiger partial charge in [-0.3, -0.25) is 4.55 Å². The first-order chi connectivity index (χ1) is 8.05. The van der Waals surface area contributed by atoms with Crippen molar-refractivity contribution in [3.63, 3.8) is 0 Å². The molecule has 0 saturated carbocycles. The molecule has 0 amide bonds. The Labute approximate surface area is 219 Å². The van der Waals surface area contributed by atoms with Crippen LogP contribution in [0.5, 0.6) is 0 Å². The van der Waals surface area contributed by atoms with E-state index in [1.54, 1.807) is 24.3 Å². The van der Waals surface area contributed by atoms with Crippen molar-refractivity contribution in [3.05, 3.63) is 42.5 Å². The standard InChI is InChI=1S/C9H10O3S.4Na.O4Si/c1-2-5-8-6-3-4-7-9(8)13(10,11)12;;;;;1-5(2,3)4/h2-4,6-7H,1,5H2,(H,10,11,12);;;;;/q;4*+1;-4. The molecule has 0 aliphatic carbocycles. The SMILES string of the molecule is C=CCc1ccccc1S(=O)(=O)O.[Na+].[Na+].[Na+].[Na+].[O-][Si]([O-])([O-])[O-]. The number of hydrogen-bond donors (Lipinski definition) is 1. The summed E-state index contributed by atoms with van der Waals surface area (Å²) in [5.74, 6) is 0. The van der Waals surface area contributed by atoms with Crippen LogP contribution in [0.3, 0.4) is 0 Å². The van der Waals surface area contributed by atoms with Gasteiger partial charge in [-0.25, -0.2) is 0 Å². The molecule has 1 aromatic rings. The molecule has 1 N–H and O–H groups in total. The number of hydrogen-bond acceptors (Lipinski definition) is 6. The van der Waals surface area contributed by atoms with Gasteiger partial charge in [0.1, 0.15) is 0 Å². The molecule has 0 aromatic heterocycles. The summed E-state index contributed by atoms with van der Waals surface area (Å²) >= 11 is 0. The Bertz CT molecular complexity index is 501. The van der Waals surface area contributed by atoms with E-state index in [4.69, 9.17) is 23.7 Å². The first kappa shape index (κ1) is 35.9. The molecule has 13 heteroatoms. The Morgan fingerprint density at radius 1 is 1.05 bits per heavy atom. The second kappa shape index (κ2) is 17.3. The van der Waals surface area contributed by atoms with E-state index in [0.29, 0.717) is 12.0 Å². The van der Waals surface area contributed by atoms with Crippen LogP contribution in [0.2, 0.25) is 0 Å². The van der Waals surface area contributed by atoms with Crippen LogP contribution in [0.1, 0.15) is 5.56 Å². The van der Waals surface area contributed by atoms with Crippen LogP contribution in [-0.2, 0) is 16.5 Å². The minimum absolute atomic E-state index is 0. The van der Waals surface area contributed by atoms with Crippen molar-refractivity contribution in [1.29, 1.82) is 0 Å². The van der Waals surface area contributed by atoms with Gasteiger partial charge in [0, 0.05) is 0 Å². The van der Waals surface area contributed by atoms with E-state index in [1.165, 1.54) is 6.07 Å². The summed E-state index contributed by atoms with van der Waals surface area (Å²) in [4.78, 5) is 34.3. The Morgan fingerprint density at radius 3 is 1.73 bits per heavy atom. The average molecular weight is 382 g/mol. The van der Waals surface area contributed by atoms with Crippen molar-refractivity contribution < 1.29 is 150 Å². The van der Waals surface area contributed by atoms with Crippen molar-refractivity contribution >= 4 is 19.2 Å². The van der Waals surface area contributed by atoms with Gasteiger partial charge >= 0.3 is 118 Å². The van der Waals surface area contributed by atoms with Gasteiger partial charge in [0.2, 0.25) is 0 Å². The minimum atomic E-state index is -5.61. The van der Waals surface area contributed by atoms with Gasteiger partial charge in [0.15, 0.2) is 0 Å². The van der Waals surface area contributed by atoms with Crippen LogP contribution < -0.4 is 137 Å².